The number of hydrogen-bond donors (Lipinski definition) is 2. The van der Waals surface area contributed by atoms with E-state index in [2.05, 4.69) is 43.3 Å². The lowest BCUT2D eigenvalue weighted by Crippen LogP contribution is -2.43. The molecule has 17 heavy (non-hydrogen) atoms. The molecule has 3 heteroatoms. The van der Waals surface area contributed by atoms with Crippen LogP contribution in [0.5, 0.6) is 0 Å². The van der Waals surface area contributed by atoms with Crippen molar-refractivity contribution in [2.75, 3.05) is 13.6 Å². The minimum absolute atomic E-state index is 0.418. The summed E-state index contributed by atoms with van der Waals surface area (Å²) >= 11 is 0. The number of rotatable bonds is 5. The molecule has 0 bridgehead atoms. The Labute approximate surface area is 106 Å². The fraction of sp³-hybridized carbons (Fsp3) is 0.929. The third-order valence-electron chi connectivity index (χ3n) is 3.19. The van der Waals surface area contributed by atoms with Gasteiger partial charge in [0, 0.05) is 19.6 Å². The fourth-order valence-corrected chi connectivity index (χ4v) is 1.71. The van der Waals surface area contributed by atoms with Crippen molar-refractivity contribution in [1.82, 2.24) is 10.6 Å². The molecule has 100 valence electrons. The van der Waals surface area contributed by atoms with Gasteiger partial charge in [-0.2, -0.15) is 0 Å². The van der Waals surface area contributed by atoms with Gasteiger partial charge in [0.2, 0.25) is 0 Å². The lowest BCUT2D eigenvalue weighted by atomic mass is 9.89. The predicted octanol–water partition coefficient (Wildman–Crippen LogP) is 2.78. The highest BCUT2D eigenvalue weighted by Gasteiger charge is 2.21. The zero-order valence-electron chi connectivity index (χ0n) is 12.1. The first-order valence-corrected chi connectivity index (χ1v) is 6.88. The monoisotopic (exact) mass is 239 g/mol. The van der Waals surface area contributed by atoms with E-state index in [1.807, 2.05) is 7.05 Å². The Bertz CT molecular complexity index is 249. The summed E-state index contributed by atoms with van der Waals surface area (Å²) < 4.78 is 0. The van der Waals surface area contributed by atoms with Crippen LogP contribution in [0.2, 0.25) is 0 Å². The first-order chi connectivity index (χ1) is 7.90. The van der Waals surface area contributed by atoms with Crippen LogP contribution in [0.3, 0.4) is 0 Å². The van der Waals surface area contributed by atoms with Crippen molar-refractivity contribution in [2.45, 2.75) is 59.4 Å². The molecular weight excluding hydrogens is 210 g/mol. The van der Waals surface area contributed by atoms with Crippen LogP contribution in [-0.4, -0.2) is 25.6 Å². The lowest BCUT2D eigenvalue weighted by Gasteiger charge is -2.23. The van der Waals surface area contributed by atoms with Crippen molar-refractivity contribution in [3.8, 4) is 0 Å². The molecule has 0 spiro atoms. The first-order valence-electron chi connectivity index (χ1n) is 6.88. The van der Waals surface area contributed by atoms with E-state index in [9.17, 15) is 0 Å². The van der Waals surface area contributed by atoms with E-state index >= 15 is 0 Å². The lowest BCUT2D eigenvalue weighted by molar-refractivity contribution is 0.346. The molecule has 0 amide bonds. The highest BCUT2D eigenvalue weighted by Crippen LogP contribution is 2.27. The number of guanidine groups is 1. The van der Waals surface area contributed by atoms with Crippen molar-refractivity contribution in [3.63, 3.8) is 0 Å². The van der Waals surface area contributed by atoms with E-state index < -0.39 is 0 Å². The van der Waals surface area contributed by atoms with E-state index in [0.29, 0.717) is 11.5 Å². The van der Waals surface area contributed by atoms with Gasteiger partial charge < -0.3 is 10.6 Å². The summed E-state index contributed by atoms with van der Waals surface area (Å²) in [5.74, 6) is 1.84. The summed E-state index contributed by atoms with van der Waals surface area (Å²) in [6.07, 6.45) is 5.18. The van der Waals surface area contributed by atoms with Gasteiger partial charge in [0.15, 0.2) is 5.96 Å². The van der Waals surface area contributed by atoms with Gasteiger partial charge in [-0.05, 0) is 43.9 Å². The normalized spacial score (nSPS) is 19.0. The third-order valence-corrected chi connectivity index (χ3v) is 3.19. The van der Waals surface area contributed by atoms with Crippen LogP contribution in [0.15, 0.2) is 4.99 Å². The molecule has 0 aromatic rings. The molecule has 2 N–H and O–H groups in total. The molecule has 1 aliphatic carbocycles. The highest BCUT2D eigenvalue weighted by atomic mass is 15.2. The van der Waals surface area contributed by atoms with Crippen LogP contribution >= 0.6 is 0 Å². The SMILES string of the molecule is CN=C(NCC1CC1)NC(C)CCC(C)(C)C. The Morgan fingerprint density at radius 1 is 1.35 bits per heavy atom. The van der Waals surface area contributed by atoms with E-state index in [1.165, 1.54) is 25.7 Å². The maximum absolute atomic E-state index is 4.27. The van der Waals surface area contributed by atoms with Gasteiger partial charge in [-0.1, -0.05) is 20.8 Å². The maximum atomic E-state index is 4.27. The van der Waals surface area contributed by atoms with Crippen LogP contribution in [0.4, 0.5) is 0 Å². The molecule has 0 radical (unpaired) electrons. The molecule has 1 saturated carbocycles. The zero-order valence-corrected chi connectivity index (χ0v) is 12.1. The van der Waals surface area contributed by atoms with E-state index in [1.54, 1.807) is 0 Å². The standard InChI is InChI=1S/C14H29N3/c1-11(8-9-14(2,3)4)17-13(15-5)16-10-12-6-7-12/h11-12H,6-10H2,1-5H3,(H2,15,16,17). The topological polar surface area (TPSA) is 36.4 Å². The summed E-state index contributed by atoms with van der Waals surface area (Å²) in [6.45, 7) is 10.2. The summed E-state index contributed by atoms with van der Waals surface area (Å²) in [4.78, 5) is 4.27. The van der Waals surface area contributed by atoms with Crippen LogP contribution < -0.4 is 10.6 Å². The first kappa shape index (κ1) is 14.3. The Kier molecular flexibility index (Phi) is 5.29. The van der Waals surface area contributed by atoms with E-state index in [-0.39, 0.29) is 0 Å². The van der Waals surface area contributed by atoms with Crippen molar-refractivity contribution in [1.29, 1.82) is 0 Å². The fourth-order valence-electron chi connectivity index (χ4n) is 1.71. The Morgan fingerprint density at radius 2 is 2.00 bits per heavy atom. The molecule has 1 atom stereocenters. The summed E-state index contributed by atoms with van der Waals surface area (Å²) in [6, 6.07) is 0.486. The summed E-state index contributed by atoms with van der Waals surface area (Å²) in [5, 5.41) is 6.86. The molecule has 1 rings (SSSR count). The number of nitrogens with one attached hydrogen (secondary N) is 2. The molecule has 0 aromatic heterocycles. The second-order valence-corrected chi connectivity index (χ2v) is 6.54. The minimum Gasteiger partial charge on any atom is -0.356 e. The smallest absolute Gasteiger partial charge is 0.191 e. The number of hydrogen-bond acceptors (Lipinski definition) is 1. The molecule has 1 aliphatic rings. The van der Waals surface area contributed by atoms with Gasteiger partial charge in [0.1, 0.15) is 0 Å². The Morgan fingerprint density at radius 3 is 2.47 bits per heavy atom. The average molecular weight is 239 g/mol. The number of nitrogens with zero attached hydrogens (tertiary/aromatic N) is 1. The largest absolute Gasteiger partial charge is 0.356 e. The summed E-state index contributed by atoms with van der Waals surface area (Å²) in [7, 11) is 1.85. The predicted molar refractivity (Wildman–Crippen MR) is 75.4 cm³/mol. The van der Waals surface area contributed by atoms with Gasteiger partial charge in [-0.25, -0.2) is 0 Å². The molecule has 0 heterocycles. The summed E-state index contributed by atoms with van der Waals surface area (Å²) in [5.41, 5.74) is 0.418. The van der Waals surface area contributed by atoms with Gasteiger partial charge in [-0.15, -0.1) is 0 Å². The average Bonchev–Trinajstić information content (AvgIpc) is 3.04. The molecular formula is C14H29N3. The highest BCUT2D eigenvalue weighted by molar-refractivity contribution is 5.79. The quantitative estimate of drug-likeness (QED) is 0.572. The maximum Gasteiger partial charge on any atom is 0.191 e. The molecule has 0 saturated heterocycles. The van der Waals surface area contributed by atoms with Crippen molar-refractivity contribution < 1.29 is 0 Å². The van der Waals surface area contributed by atoms with Gasteiger partial charge in [0.25, 0.3) is 0 Å². The zero-order chi connectivity index (χ0) is 12.9. The minimum atomic E-state index is 0.418. The second-order valence-electron chi connectivity index (χ2n) is 6.54. The van der Waals surface area contributed by atoms with Crippen LogP contribution in [0.1, 0.15) is 53.4 Å². The van der Waals surface area contributed by atoms with Crippen molar-refractivity contribution >= 4 is 5.96 Å². The van der Waals surface area contributed by atoms with E-state index in [0.717, 1.165) is 18.4 Å². The van der Waals surface area contributed by atoms with E-state index in [4.69, 9.17) is 0 Å². The second kappa shape index (κ2) is 6.27. The number of aliphatic imine (C=N–C) groups is 1. The van der Waals surface area contributed by atoms with Gasteiger partial charge in [-0.3, -0.25) is 4.99 Å². The molecule has 0 aromatic carbocycles. The van der Waals surface area contributed by atoms with Crippen LogP contribution in [0, 0.1) is 11.3 Å². The Balaban J connectivity index is 2.19. The van der Waals surface area contributed by atoms with Crippen molar-refractivity contribution in [3.05, 3.63) is 0 Å². The molecule has 0 aliphatic heterocycles. The van der Waals surface area contributed by atoms with Crippen molar-refractivity contribution in [2.24, 2.45) is 16.3 Å². The van der Waals surface area contributed by atoms with Crippen LogP contribution in [-0.2, 0) is 0 Å². The third kappa shape index (κ3) is 7.24. The molecule has 1 unspecified atom stereocenters. The Hall–Kier alpha value is -0.730. The van der Waals surface area contributed by atoms with Crippen LogP contribution in [0.25, 0.3) is 0 Å². The van der Waals surface area contributed by atoms with Gasteiger partial charge in [0.05, 0.1) is 0 Å². The molecule has 1 fully saturated rings. The molecule has 3 nitrogen and oxygen atoms in total. The van der Waals surface area contributed by atoms with Gasteiger partial charge >= 0.3 is 0 Å².